The molecule has 0 amide bonds. The molecule has 2 aliphatic rings. The second-order valence-corrected chi connectivity index (χ2v) is 9.42. The van der Waals surface area contributed by atoms with Gasteiger partial charge < -0.3 is 9.29 Å². The fourth-order valence-corrected chi connectivity index (χ4v) is 4.83. The second kappa shape index (κ2) is 8.96. The van der Waals surface area contributed by atoms with Crippen LogP contribution in [0.3, 0.4) is 0 Å². The number of halogens is 4. The molecule has 2 atom stereocenters. The standard InChI is InChI=1S/C21H22ClF3N2O2S/c22-16-9-15(21(23,24)25)10-20(11-16)30(28)26-17-7-8-27(13-17)12-14-1-3-18(4-2-14)29-19-5-6-19/h1-4,9-11,17,19,26H,5-8,12-13H2/t17-,30+/m1/s1. The summed E-state index contributed by atoms with van der Waals surface area (Å²) in [5, 5.41) is -0.0860. The lowest BCUT2D eigenvalue weighted by Gasteiger charge is -2.18. The maximum Gasteiger partial charge on any atom is 0.416 e. The highest BCUT2D eigenvalue weighted by atomic mass is 35.5. The molecule has 1 aliphatic heterocycles. The molecule has 2 fully saturated rings. The Morgan fingerprint density at radius 3 is 2.53 bits per heavy atom. The maximum atomic E-state index is 13.0. The molecule has 9 heteroatoms. The number of ether oxygens (including phenoxy) is 1. The summed E-state index contributed by atoms with van der Waals surface area (Å²) in [6.45, 7) is 2.24. The van der Waals surface area contributed by atoms with Crippen LogP contribution in [-0.2, 0) is 24.1 Å². The topological polar surface area (TPSA) is 47.6 Å². The summed E-state index contributed by atoms with van der Waals surface area (Å²) in [5.74, 6) is 0.886. The highest BCUT2D eigenvalue weighted by Crippen LogP contribution is 2.33. The molecule has 1 N–H and O–H groups in total. The number of alkyl halides is 3. The van der Waals surface area contributed by atoms with E-state index in [1.165, 1.54) is 6.07 Å². The molecule has 0 spiro atoms. The molecule has 0 bridgehead atoms. The molecular weight excluding hydrogens is 437 g/mol. The van der Waals surface area contributed by atoms with E-state index < -0.39 is 23.1 Å². The average Bonchev–Trinajstić information content (AvgIpc) is 3.40. The average molecular weight is 459 g/mol. The predicted molar refractivity (Wildman–Crippen MR) is 110 cm³/mol. The minimum Gasteiger partial charge on any atom is -0.593 e. The van der Waals surface area contributed by atoms with E-state index >= 15 is 0 Å². The van der Waals surface area contributed by atoms with Crippen LogP contribution in [0, 0.1) is 0 Å². The van der Waals surface area contributed by atoms with E-state index in [9.17, 15) is 17.7 Å². The summed E-state index contributed by atoms with van der Waals surface area (Å²) in [4.78, 5) is 2.25. The Balaban J connectivity index is 1.30. The Morgan fingerprint density at radius 1 is 1.13 bits per heavy atom. The number of hydrogen-bond acceptors (Lipinski definition) is 4. The third-order valence-electron chi connectivity index (χ3n) is 5.12. The molecule has 0 radical (unpaired) electrons. The van der Waals surface area contributed by atoms with Crippen molar-refractivity contribution >= 4 is 23.0 Å². The van der Waals surface area contributed by atoms with Gasteiger partial charge in [-0.05, 0) is 43.0 Å². The molecule has 4 nitrogen and oxygen atoms in total. The Labute approximate surface area is 181 Å². The van der Waals surface area contributed by atoms with Crippen LogP contribution in [0.15, 0.2) is 47.4 Å². The van der Waals surface area contributed by atoms with Crippen LogP contribution < -0.4 is 9.46 Å². The zero-order chi connectivity index (χ0) is 21.3. The van der Waals surface area contributed by atoms with Gasteiger partial charge in [0, 0.05) is 36.8 Å². The van der Waals surface area contributed by atoms with E-state index in [4.69, 9.17) is 16.3 Å². The van der Waals surface area contributed by atoms with Gasteiger partial charge in [-0.1, -0.05) is 23.7 Å². The van der Waals surface area contributed by atoms with Crippen molar-refractivity contribution in [2.75, 3.05) is 13.1 Å². The maximum absolute atomic E-state index is 13.0. The predicted octanol–water partition coefficient (Wildman–Crippen LogP) is 4.79. The summed E-state index contributed by atoms with van der Waals surface area (Å²) in [7, 11) is 0. The second-order valence-electron chi connectivity index (χ2n) is 7.74. The van der Waals surface area contributed by atoms with Crippen molar-refractivity contribution in [3.8, 4) is 5.75 Å². The summed E-state index contributed by atoms with van der Waals surface area (Å²) in [6, 6.07) is 11.0. The molecule has 0 aromatic heterocycles. The Bertz CT molecular complexity index is 878. The van der Waals surface area contributed by atoms with Gasteiger partial charge in [0.1, 0.15) is 5.75 Å². The highest BCUT2D eigenvalue weighted by Gasteiger charge is 2.33. The van der Waals surface area contributed by atoms with Gasteiger partial charge in [0.15, 0.2) is 4.90 Å². The van der Waals surface area contributed by atoms with Crippen molar-refractivity contribution in [3.63, 3.8) is 0 Å². The first-order valence-corrected chi connectivity index (χ1v) is 11.3. The number of nitrogens with one attached hydrogen (secondary N) is 1. The number of nitrogens with zero attached hydrogens (tertiary/aromatic N) is 1. The van der Waals surface area contributed by atoms with E-state index in [1.807, 2.05) is 24.3 Å². The molecule has 2 aromatic carbocycles. The minimum absolute atomic E-state index is 0.0273. The zero-order valence-electron chi connectivity index (χ0n) is 16.1. The van der Waals surface area contributed by atoms with E-state index in [2.05, 4.69) is 9.62 Å². The monoisotopic (exact) mass is 458 g/mol. The first kappa shape index (κ1) is 21.8. The van der Waals surface area contributed by atoms with Gasteiger partial charge in [-0.15, -0.1) is 4.72 Å². The van der Waals surface area contributed by atoms with Crippen molar-refractivity contribution in [1.29, 1.82) is 0 Å². The van der Waals surface area contributed by atoms with Crippen LogP contribution in [-0.4, -0.2) is 34.7 Å². The van der Waals surface area contributed by atoms with E-state index in [1.54, 1.807) is 0 Å². The van der Waals surface area contributed by atoms with Crippen molar-refractivity contribution in [3.05, 3.63) is 58.6 Å². The van der Waals surface area contributed by atoms with Gasteiger partial charge >= 0.3 is 6.18 Å². The molecular formula is C21H22ClF3N2O2S. The van der Waals surface area contributed by atoms with Crippen LogP contribution in [0.4, 0.5) is 13.2 Å². The van der Waals surface area contributed by atoms with E-state index in [0.29, 0.717) is 12.6 Å². The lowest BCUT2D eigenvalue weighted by Crippen LogP contribution is -2.37. The van der Waals surface area contributed by atoms with Crippen molar-refractivity contribution in [2.45, 2.75) is 49.0 Å². The van der Waals surface area contributed by atoms with Gasteiger partial charge in [0.25, 0.3) is 0 Å². The van der Waals surface area contributed by atoms with Crippen LogP contribution in [0.5, 0.6) is 5.75 Å². The van der Waals surface area contributed by atoms with Crippen LogP contribution in [0.2, 0.25) is 5.02 Å². The molecule has 1 saturated heterocycles. The molecule has 1 heterocycles. The number of benzene rings is 2. The third kappa shape index (κ3) is 5.82. The van der Waals surface area contributed by atoms with E-state index in [-0.39, 0.29) is 16.0 Å². The molecule has 1 aliphatic carbocycles. The zero-order valence-corrected chi connectivity index (χ0v) is 17.7. The fraction of sp³-hybridized carbons (Fsp3) is 0.429. The molecule has 0 unspecified atom stereocenters. The first-order valence-electron chi connectivity index (χ1n) is 9.80. The van der Waals surface area contributed by atoms with Gasteiger partial charge in [-0.2, -0.15) is 13.2 Å². The van der Waals surface area contributed by atoms with Crippen molar-refractivity contribution in [2.24, 2.45) is 0 Å². The lowest BCUT2D eigenvalue weighted by molar-refractivity contribution is -0.137. The van der Waals surface area contributed by atoms with Crippen molar-refractivity contribution < 1.29 is 22.5 Å². The van der Waals surface area contributed by atoms with Crippen LogP contribution in [0.1, 0.15) is 30.4 Å². The highest BCUT2D eigenvalue weighted by molar-refractivity contribution is 7.89. The Kier molecular flexibility index (Phi) is 6.50. The summed E-state index contributed by atoms with van der Waals surface area (Å²) < 4.78 is 60.2. The van der Waals surface area contributed by atoms with Gasteiger partial charge in [-0.25, -0.2) is 0 Å². The first-order chi connectivity index (χ1) is 14.3. The Hall–Kier alpha value is -1.45. The van der Waals surface area contributed by atoms with Crippen LogP contribution in [0.25, 0.3) is 0 Å². The molecule has 1 saturated carbocycles. The third-order valence-corrected chi connectivity index (χ3v) is 6.54. The van der Waals surface area contributed by atoms with Gasteiger partial charge in [-0.3, -0.25) is 4.90 Å². The molecule has 162 valence electrons. The summed E-state index contributed by atoms with van der Waals surface area (Å²) in [6.07, 6.45) is -1.15. The minimum atomic E-state index is -4.53. The molecule has 4 rings (SSSR count). The largest absolute Gasteiger partial charge is 0.593 e. The lowest BCUT2D eigenvalue weighted by atomic mass is 10.2. The molecule has 30 heavy (non-hydrogen) atoms. The number of likely N-dealkylation sites (tertiary alicyclic amines) is 1. The number of hydrogen-bond donors (Lipinski definition) is 1. The van der Waals surface area contributed by atoms with E-state index in [0.717, 1.165) is 55.8 Å². The smallest absolute Gasteiger partial charge is 0.416 e. The van der Waals surface area contributed by atoms with Crippen LogP contribution >= 0.6 is 11.6 Å². The molecule has 2 aromatic rings. The fourth-order valence-electron chi connectivity index (χ4n) is 3.44. The summed E-state index contributed by atoms with van der Waals surface area (Å²) >= 11 is 4.02. The quantitative estimate of drug-likeness (QED) is 0.606. The van der Waals surface area contributed by atoms with Gasteiger partial charge in [0.05, 0.1) is 29.1 Å². The normalized spacial score (nSPS) is 21.0. The Morgan fingerprint density at radius 2 is 1.87 bits per heavy atom. The number of rotatable bonds is 7. The SMILES string of the molecule is [O-][S@+](N[C@@H]1CCN(Cc2ccc(OC3CC3)cc2)C1)c1cc(Cl)cc(C(F)(F)F)c1. The van der Waals surface area contributed by atoms with Gasteiger partial charge in [0.2, 0.25) is 0 Å². The summed E-state index contributed by atoms with van der Waals surface area (Å²) in [5.41, 5.74) is 0.256. The van der Waals surface area contributed by atoms with Crippen molar-refractivity contribution in [1.82, 2.24) is 9.62 Å².